The number of nitrogens with zero attached hydrogens (tertiary/aromatic N) is 1. The summed E-state index contributed by atoms with van der Waals surface area (Å²) in [5.41, 5.74) is -0.485. The van der Waals surface area contributed by atoms with Crippen molar-refractivity contribution in [2.45, 2.75) is 37.6 Å². The summed E-state index contributed by atoms with van der Waals surface area (Å²) in [7, 11) is 0. The standard InChI is InChI=1S/C18H24BrNO5/c1-18(2,3)25-17(21)20-7-6-14(19)12(9-20)10-22-13-4-5-15-16(8-13)24-11-23-15/h4-5,8,12,14H,6-7,9-11H2,1-3H3/t12-,14?/m0/s1. The fourth-order valence-corrected chi connectivity index (χ4v) is 3.35. The van der Waals surface area contributed by atoms with E-state index in [4.69, 9.17) is 18.9 Å². The van der Waals surface area contributed by atoms with Crippen LogP contribution >= 0.6 is 15.9 Å². The van der Waals surface area contributed by atoms with Gasteiger partial charge in [-0.25, -0.2) is 4.79 Å². The maximum absolute atomic E-state index is 12.3. The number of ether oxygens (including phenoxy) is 4. The summed E-state index contributed by atoms with van der Waals surface area (Å²) in [5, 5.41) is 0. The Kier molecular flexibility index (Phi) is 5.32. The molecule has 138 valence electrons. The topological polar surface area (TPSA) is 57.2 Å². The molecular weight excluding hydrogens is 390 g/mol. The molecule has 1 unspecified atom stereocenters. The van der Waals surface area contributed by atoms with Crippen LogP contribution in [0.25, 0.3) is 0 Å². The summed E-state index contributed by atoms with van der Waals surface area (Å²) >= 11 is 3.71. The molecule has 0 N–H and O–H groups in total. The summed E-state index contributed by atoms with van der Waals surface area (Å²) < 4.78 is 22.1. The van der Waals surface area contributed by atoms with E-state index in [0.29, 0.717) is 30.3 Å². The minimum Gasteiger partial charge on any atom is -0.493 e. The number of rotatable bonds is 3. The van der Waals surface area contributed by atoms with Gasteiger partial charge in [0.1, 0.15) is 11.4 Å². The molecule has 0 saturated carbocycles. The molecule has 2 aliphatic rings. The molecular formula is C18H24BrNO5. The molecule has 2 aliphatic heterocycles. The molecule has 7 heteroatoms. The zero-order valence-electron chi connectivity index (χ0n) is 14.8. The summed E-state index contributed by atoms with van der Waals surface area (Å²) in [5.74, 6) is 2.36. The van der Waals surface area contributed by atoms with E-state index in [9.17, 15) is 4.79 Å². The number of alkyl halides is 1. The van der Waals surface area contributed by atoms with Crippen LogP contribution < -0.4 is 14.2 Å². The first kappa shape index (κ1) is 18.2. The van der Waals surface area contributed by atoms with Crippen LogP contribution in [0.1, 0.15) is 27.2 Å². The predicted octanol–water partition coefficient (Wildman–Crippen LogP) is 3.81. The maximum atomic E-state index is 12.3. The summed E-state index contributed by atoms with van der Waals surface area (Å²) in [6, 6.07) is 5.54. The van der Waals surface area contributed by atoms with E-state index in [-0.39, 0.29) is 18.8 Å². The van der Waals surface area contributed by atoms with E-state index in [0.717, 1.165) is 17.9 Å². The molecule has 0 spiro atoms. The van der Waals surface area contributed by atoms with Gasteiger partial charge in [-0.15, -0.1) is 0 Å². The van der Waals surface area contributed by atoms with Crippen molar-refractivity contribution in [2.24, 2.45) is 5.92 Å². The molecule has 1 aromatic carbocycles. The highest BCUT2D eigenvalue weighted by Crippen LogP contribution is 2.35. The molecule has 1 aromatic rings. The van der Waals surface area contributed by atoms with Gasteiger partial charge in [0, 0.05) is 29.9 Å². The monoisotopic (exact) mass is 413 g/mol. The fraction of sp³-hybridized carbons (Fsp3) is 0.611. The zero-order chi connectivity index (χ0) is 18.0. The molecule has 1 amide bonds. The summed E-state index contributed by atoms with van der Waals surface area (Å²) in [6.45, 7) is 7.68. The first-order valence-electron chi connectivity index (χ1n) is 8.46. The van der Waals surface area contributed by atoms with E-state index in [1.807, 2.05) is 39.0 Å². The van der Waals surface area contributed by atoms with E-state index < -0.39 is 5.60 Å². The first-order valence-corrected chi connectivity index (χ1v) is 9.38. The van der Waals surface area contributed by atoms with Crippen LogP contribution in [0.4, 0.5) is 4.79 Å². The van der Waals surface area contributed by atoms with Gasteiger partial charge < -0.3 is 23.8 Å². The van der Waals surface area contributed by atoms with Crippen LogP contribution in [-0.4, -0.2) is 47.9 Å². The van der Waals surface area contributed by atoms with Gasteiger partial charge in [-0.2, -0.15) is 0 Å². The predicted molar refractivity (Wildman–Crippen MR) is 96.7 cm³/mol. The third-order valence-corrected chi connectivity index (χ3v) is 5.31. The molecule has 1 saturated heterocycles. The van der Waals surface area contributed by atoms with Crippen LogP contribution in [0.3, 0.4) is 0 Å². The lowest BCUT2D eigenvalue weighted by Crippen LogP contribution is -2.47. The minimum atomic E-state index is -0.485. The number of carbonyl (C=O) groups is 1. The van der Waals surface area contributed by atoms with Gasteiger partial charge in [0.15, 0.2) is 11.5 Å². The maximum Gasteiger partial charge on any atom is 0.410 e. The van der Waals surface area contributed by atoms with Crippen molar-refractivity contribution in [3.8, 4) is 17.2 Å². The number of hydrogen-bond acceptors (Lipinski definition) is 5. The van der Waals surface area contributed by atoms with E-state index in [2.05, 4.69) is 15.9 Å². The summed E-state index contributed by atoms with van der Waals surface area (Å²) in [6.07, 6.45) is 0.606. The van der Waals surface area contributed by atoms with Crippen molar-refractivity contribution in [2.75, 3.05) is 26.5 Å². The van der Waals surface area contributed by atoms with Gasteiger partial charge >= 0.3 is 6.09 Å². The average Bonchev–Trinajstić information content (AvgIpc) is 3.00. The average molecular weight is 414 g/mol. The number of piperidine rings is 1. The molecule has 6 nitrogen and oxygen atoms in total. The smallest absolute Gasteiger partial charge is 0.410 e. The third-order valence-electron chi connectivity index (χ3n) is 4.10. The van der Waals surface area contributed by atoms with Gasteiger partial charge in [0.25, 0.3) is 0 Å². The highest BCUT2D eigenvalue weighted by molar-refractivity contribution is 9.09. The van der Waals surface area contributed by atoms with Gasteiger partial charge in [-0.05, 0) is 39.3 Å². The van der Waals surface area contributed by atoms with Crippen molar-refractivity contribution >= 4 is 22.0 Å². The molecule has 2 heterocycles. The van der Waals surface area contributed by atoms with Crippen molar-refractivity contribution in [3.05, 3.63) is 18.2 Å². The number of amides is 1. The Morgan fingerprint density at radius 3 is 2.84 bits per heavy atom. The van der Waals surface area contributed by atoms with Gasteiger partial charge in [0.05, 0.1) is 6.61 Å². The largest absolute Gasteiger partial charge is 0.493 e. The van der Waals surface area contributed by atoms with E-state index in [1.54, 1.807) is 4.90 Å². The number of benzene rings is 1. The summed E-state index contributed by atoms with van der Waals surface area (Å²) in [4.78, 5) is 14.4. The van der Waals surface area contributed by atoms with Crippen LogP contribution in [0, 0.1) is 5.92 Å². The zero-order valence-corrected chi connectivity index (χ0v) is 16.4. The van der Waals surface area contributed by atoms with Crippen molar-refractivity contribution < 1.29 is 23.7 Å². The number of halogens is 1. The fourth-order valence-electron chi connectivity index (χ4n) is 2.82. The Morgan fingerprint density at radius 1 is 1.32 bits per heavy atom. The number of likely N-dealkylation sites (tertiary alicyclic amines) is 1. The molecule has 0 radical (unpaired) electrons. The number of hydrogen-bond donors (Lipinski definition) is 0. The molecule has 0 bridgehead atoms. The Hall–Kier alpha value is -1.63. The van der Waals surface area contributed by atoms with Gasteiger partial charge in [-0.1, -0.05) is 15.9 Å². The molecule has 2 atom stereocenters. The highest BCUT2D eigenvalue weighted by Gasteiger charge is 2.32. The Morgan fingerprint density at radius 2 is 2.08 bits per heavy atom. The normalized spacial score (nSPS) is 22.6. The van der Waals surface area contributed by atoms with Crippen LogP contribution in [-0.2, 0) is 4.74 Å². The van der Waals surface area contributed by atoms with Crippen molar-refractivity contribution in [3.63, 3.8) is 0 Å². The second-order valence-electron chi connectivity index (χ2n) is 7.32. The third kappa shape index (κ3) is 4.71. The van der Waals surface area contributed by atoms with Crippen LogP contribution in [0.5, 0.6) is 17.2 Å². The number of carbonyl (C=O) groups excluding carboxylic acids is 1. The minimum absolute atomic E-state index is 0.187. The number of fused-ring (bicyclic) bond motifs is 1. The SMILES string of the molecule is CC(C)(C)OC(=O)N1CCC(Br)[C@H](COc2ccc3c(c2)OCO3)C1. The lowest BCUT2D eigenvalue weighted by Gasteiger charge is -2.36. The Balaban J connectivity index is 1.56. The first-order chi connectivity index (χ1) is 11.8. The van der Waals surface area contributed by atoms with Crippen LogP contribution in [0.2, 0.25) is 0 Å². The second-order valence-corrected chi connectivity index (χ2v) is 8.49. The van der Waals surface area contributed by atoms with Gasteiger partial charge in [-0.3, -0.25) is 0 Å². The molecule has 0 aliphatic carbocycles. The second kappa shape index (κ2) is 7.32. The van der Waals surface area contributed by atoms with E-state index >= 15 is 0 Å². The molecule has 1 fully saturated rings. The van der Waals surface area contributed by atoms with Crippen molar-refractivity contribution in [1.82, 2.24) is 4.90 Å². The van der Waals surface area contributed by atoms with Crippen molar-refractivity contribution in [1.29, 1.82) is 0 Å². The van der Waals surface area contributed by atoms with Crippen LogP contribution in [0.15, 0.2) is 18.2 Å². The Bertz CT molecular complexity index is 630. The quantitative estimate of drug-likeness (QED) is 0.704. The molecule has 0 aromatic heterocycles. The Labute approximate surface area is 156 Å². The highest BCUT2D eigenvalue weighted by atomic mass is 79.9. The van der Waals surface area contributed by atoms with E-state index in [1.165, 1.54) is 0 Å². The molecule has 3 rings (SSSR count). The van der Waals surface area contributed by atoms with Gasteiger partial charge in [0.2, 0.25) is 6.79 Å². The lowest BCUT2D eigenvalue weighted by molar-refractivity contribution is 0.0149. The lowest BCUT2D eigenvalue weighted by atomic mass is 9.99. The molecule has 25 heavy (non-hydrogen) atoms.